The molecule has 0 saturated carbocycles. The van der Waals surface area contributed by atoms with Crippen LogP contribution in [0.2, 0.25) is 0 Å². The Labute approximate surface area is 130 Å². The minimum atomic E-state index is 0.411. The Morgan fingerprint density at radius 1 is 1.29 bits per heavy atom. The Morgan fingerprint density at radius 3 is 2.52 bits per heavy atom. The van der Waals surface area contributed by atoms with Gasteiger partial charge in [0.25, 0.3) is 0 Å². The molecule has 0 spiro atoms. The third-order valence-corrected chi connectivity index (χ3v) is 3.48. The van der Waals surface area contributed by atoms with Crippen molar-refractivity contribution in [2.45, 2.75) is 59.5 Å². The van der Waals surface area contributed by atoms with Crippen LogP contribution in [-0.4, -0.2) is 24.1 Å². The van der Waals surface area contributed by atoms with Crippen molar-refractivity contribution < 1.29 is 0 Å². The maximum absolute atomic E-state index is 4.85. The molecule has 1 aromatic heterocycles. The number of pyridine rings is 1. The first-order valence-corrected chi connectivity index (χ1v) is 8.08. The van der Waals surface area contributed by atoms with E-state index in [1.807, 2.05) is 6.08 Å². The van der Waals surface area contributed by atoms with Gasteiger partial charge in [0.1, 0.15) is 5.82 Å². The van der Waals surface area contributed by atoms with Gasteiger partial charge in [0.05, 0.1) is 0 Å². The summed E-state index contributed by atoms with van der Waals surface area (Å²) in [5.74, 6) is 1.50. The third kappa shape index (κ3) is 5.50. The zero-order valence-electron chi connectivity index (χ0n) is 14.3. The normalized spacial score (nSPS) is 11.2. The van der Waals surface area contributed by atoms with Gasteiger partial charge in [-0.05, 0) is 50.4 Å². The highest BCUT2D eigenvalue weighted by molar-refractivity contribution is 5.44. The van der Waals surface area contributed by atoms with Crippen molar-refractivity contribution in [1.29, 1.82) is 0 Å². The molecule has 1 N–H and O–H groups in total. The van der Waals surface area contributed by atoms with Crippen molar-refractivity contribution in [2.75, 3.05) is 18.0 Å². The largest absolute Gasteiger partial charge is 0.350 e. The fourth-order valence-electron chi connectivity index (χ4n) is 2.26. The molecule has 1 aromatic rings. The molecule has 118 valence electrons. The van der Waals surface area contributed by atoms with E-state index < -0.39 is 0 Å². The number of aromatic nitrogens is 1. The van der Waals surface area contributed by atoms with Crippen molar-refractivity contribution in [3.05, 3.63) is 36.0 Å². The lowest BCUT2D eigenvalue weighted by molar-refractivity contribution is 0.667. The predicted molar refractivity (Wildman–Crippen MR) is 93.0 cm³/mol. The first-order valence-electron chi connectivity index (χ1n) is 8.08. The van der Waals surface area contributed by atoms with E-state index >= 15 is 0 Å². The molecule has 0 radical (unpaired) electrons. The summed E-state index contributed by atoms with van der Waals surface area (Å²) in [6.07, 6.45) is 3.10. The molecule has 0 aromatic carbocycles. The standard InChI is InChI=1S/C18H31N3/c1-7-9-19-13-16-11-17(14(3)4)20-18(12-16)21(10-8-2)15(5)6/h8,11-12,14-15,19H,2,7,9-10,13H2,1,3-6H3. The summed E-state index contributed by atoms with van der Waals surface area (Å²) >= 11 is 0. The lowest BCUT2D eigenvalue weighted by Crippen LogP contribution is -2.32. The summed E-state index contributed by atoms with van der Waals surface area (Å²) in [6, 6.07) is 4.84. The van der Waals surface area contributed by atoms with Crippen LogP contribution in [0.1, 0.15) is 58.2 Å². The highest BCUT2D eigenvalue weighted by Crippen LogP contribution is 2.22. The summed E-state index contributed by atoms with van der Waals surface area (Å²) in [7, 11) is 0. The summed E-state index contributed by atoms with van der Waals surface area (Å²) in [6.45, 7) is 17.6. The number of hydrogen-bond acceptors (Lipinski definition) is 3. The van der Waals surface area contributed by atoms with E-state index in [-0.39, 0.29) is 0 Å². The third-order valence-electron chi connectivity index (χ3n) is 3.48. The van der Waals surface area contributed by atoms with Gasteiger partial charge in [0.15, 0.2) is 0 Å². The fraction of sp³-hybridized carbons (Fsp3) is 0.611. The van der Waals surface area contributed by atoms with Gasteiger partial charge >= 0.3 is 0 Å². The quantitative estimate of drug-likeness (QED) is 0.548. The molecule has 1 heterocycles. The smallest absolute Gasteiger partial charge is 0.129 e. The summed E-state index contributed by atoms with van der Waals surface area (Å²) in [5.41, 5.74) is 2.47. The molecular weight excluding hydrogens is 258 g/mol. The van der Waals surface area contributed by atoms with E-state index in [9.17, 15) is 0 Å². The average molecular weight is 289 g/mol. The second kappa shape index (κ2) is 8.83. The molecule has 21 heavy (non-hydrogen) atoms. The van der Waals surface area contributed by atoms with Crippen LogP contribution in [0.25, 0.3) is 0 Å². The highest BCUT2D eigenvalue weighted by Gasteiger charge is 2.14. The molecule has 0 unspecified atom stereocenters. The second-order valence-electron chi connectivity index (χ2n) is 6.12. The van der Waals surface area contributed by atoms with Gasteiger partial charge in [-0.15, -0.1) is 6.58 Å². The molecule has 0 aliphatic heterocycles. The summed E-state index contributed by atoms with van der Waals surface area (Å²) in [4.78, 5) is 7.15. The second-order valence-corrected chi connectivity index (χ2v) is 6.12. The molecule has 0 fully saturated rings. The molecule has 0 atom stereocenters. The van der Waals surface area contributed by atoms with Gasteiger partial charge in [-0.3, -0.25) is 0 Å². The lowest BCUT2D eigenvalue weighted by atomic mass is 10.1. The van der Waals surface area contributed by atoms with Crippen LogP contribution < -0.4 is 10.2 Å². The van der Waals surface area contributed by atoms with Crippen LogP contribution in [-0.2, 0) is 6.54 Å². The first kappa shape index (κ1) is 17.7. The van der Waals surface area contributed by atoms with Gasteiger partial charge < -0.3 is 10.2 Å². The van der Waals surface area contributed by atoms with Crippen LogP contribution in [0.15, 0.2) is 24.8 Å². The SMILES string of the molecule is C=CCN(c1cc(CNCCC)cc(C(C)C)n1)C(C)C. The molecule has 0 aliphatic carbocycles. The minimum Gasteiger partial charge on any atom is -0.350 e. The van der Waals surface area contributed by atoms with Crippen LogP contribution in [0.3, 0.4) is 0 Å². The van der Waals surface area contributed by atoms with Gasteiger partial charge in [-0.25, -0.2) is 4.98 Å². The molecule has 0 amide bonds. The minimum absolute atomic E-state index is 0.411. The van der Waals surface area contributed by atoms with Gasteiger partial charge in [-0.2, -0.15) is 0 Å². The number of nitrogens with zero attached hydrogens (tertiary/aromatic N) is 2. The predicted octanol–water partition coefficient (Wildman–Crippen LogP) is 4.11. The Bertz CT molecular complexity index is 438. The number of hydrogen-bond donors (Lipinski definition) is 1. The van der Waals surface area contributed by atoms with Crippen LogP contribution in [0, 0.1) is 0 Å². The Morgan fingerprint density at radius 2 is 2.00 bits per heavy atom. The molecular formula is C18H31N3. The topological polar surface area (TPSA) is 28.2 Å². The average Bonchev–Trinajstić information content (AvgIpc) is 2.44. The van der Waals surface area contributed by atoms with Gasteiger partial charge in [0, 0.05) is 24.8 Å². The monoisotopic (exact) mass is 289 g/mol. The van der Waals surface area contributed by atoms with Crippen LogP contribution >= 0.6 is 0 Å². The molecule has 1 rings (SSSR count). The van der Waals surface area contributed by atoms with Gasteiger partial charge in [-0.1, -0.05) is 26.8 Å². The maximum Gasteiger partial charge on any atom is 0.129 e. The lowest BCUT2D eigenvalue weighted by Gasteiger charge is -2.28. The molecule has 3 heteroatoms. The van der Waals surface area contributed by atoms with E-state index in [1.165, 1.54) is 5.56 Å². The van der Waals surface area contributed by atoms with Crippen molar-refractivity contribution >= 4 is 5.82 Å². The first-order chi connectivity index (χ1) is 9.99. The van der Waals surface area contributed by atoms with Crippen molar-refractivity contribution in [3.8, 4) is 0 Å². The molecule has 3 nitrogen and oxygen atoms in total. The fourth-order valence-corrected chi connectivity index (χ4v) is 2.26. The molecule has 0 saturated heterocycles. The zero-order chi connectivity index (χ0) is 15.8. The van der Waals surface area contributed by atoms with Crippen LogP contribution in [0.5, 0.6) is 0 Å². The van der Waals surface area contributed by atoms with Crippen LogP contribution in [0.4, 0.5) is 5.82 Å². The Kier molecular flexibility index (Phi) is 7.44. The molecule has 0 bridgehead atoms. The maximum atomic E-state index is 4.85. The van der Waals surface area contributed by atoms with E-state index in [0.717, 1.165) is 37.6 Å². The van der Waals surface area contributed by atoms with E-state index in [1.54, 1.807) is 0 Å². The number of rotatable bonds is 9. The van der Waals surface area contributed by atoms with Crippen molar-refractivity contribution in [1.82, 2.24) is 10.3 Å². The summed E-state index contributed by atoms with van der Waals surface area (Å²) in [5, 5.41) is 3.48. The van der Waals surface area contributed by atoms with Crippen molar-refractivity contribution in [3.63, 3.8) is 0 Å². The summed E-state index contributed by atoms with van der Waals surface area (Å²) < 4.78 is 0. The van der Waals surface area contributed by atoms with E-state index in [4.69, 9.17) is 4.98 Å². The van der Waals surface area contributed by atoms with E-state index in [0.29, 0.717) is 12.0 Å². The van der Waals surface area contributed by atoms with Gasteiger partial charge in [0.2, 0.25) is 0 Å². The Hall–Kier alpha value is -1.35. The molecule has 0 aliphatic rings. The number of nitrogens with one attached hydrogen (secondary N) is 1. The highest BCUT2D eigenvalue weighted by atomic mass is 15.2. The van der Waals surface area contributed by atoms with Crippen molar-refractivity contribution in [2.24, 2.45) is 0 Å². The van der Waals surface area contributed by atoms with E-state index in [2.05, 4.69) is 63.5 Å². The zero-order valence-corrected chi connectivity index (χ0v) is 14.3. The Balaban J connectivity index is 3.07. The number of anilines is 1.